The fourth-order valence-corrected chi connectivity index (χ4v) is 4.23. The molecule has 25 heavy (non-hydrogen) atoms. The lowest BCUT2D eigenvalue weighted by Gasteiger charge is -2.04. The molecule has 0 fully saturated rings. The number of unbranched alkanes of at least 4 members (excludes halogenated alkanes) is 1. The zero-order valence-corrected chi connectivity index (χ0v) is 16.0. The van der Waals surface area contributed by atoms with E-state index >= 15 is 0 Å². The number of hydrogen-bond donors (Lipinski definition) is 1. The van der Waals surface area contributed by atoms with Gasteiger partial charge in [-0.3, -0.25) is 4.55 Å². The lowest BCUT2D eigenvalue weighted by Crippen LogP contribution is -2.35. The number of thiazole rings is 1. The van der Waals surface area contributed by atoms with Gasteiger partial charge >= 0.3 is 0 Å². The number of aryl methyl sites for hydroxylation is 1. The molecule has 8 heteroatoms. The van der Waals surface area contributed by atoms with Crippen LogP contribution in [0.5, 0.6) is 0 Å². The second-order valence-electron chi connectivity index (χ2n) is 5.59. The summed E-state index contributed by atoms with van der Waals surface area (Å²) < 4.78 is 52.7. The van der Waals surface area contributed by atoms with Crippen molar-refractivity contribution >= 4 is 37.7 Å². The second kappa shape index (κ2) is 8.73. The molecule has 0 unspecified atom stereocenters. The van der Waals surface area contributed by atoms with E-state index in [1.165, 1.54) is 23.5 Å². The third-order valence-electron chi connectivity index (χ3n) is 3.69. The molecule has 1 aromatic carbocycles. The normalized spacial score (nSPS) is 12.7. The van der Waals surface area contributed by atoms with Crippen LogP contribution in [0, 0.1) is 5.82 Å². The molecule has 0 atom stereocenters. The highest BCUT2D eigenvalue weighted by atomic mass is 32.2. The van der Waals surface area contributed by atoms with Crippen LogP contribution in [-0.4, -0.2) is 25.3 Å². The molecule has 0 aliphatic heterocycles. The Morgan fingerprint density at radius 2 is 2.12 bits per heavy atom. The van der Waals surface area contributed by atoms with E-state index in [9.17, 15) is 12.8 Å². The summed E-state index contributed by atoms with van der Waals surface area (Å²) in [6.45, 7) is 5.04. The van der Waals surface area contributed by atoms with Crippen LogP contribution in [0.1, 0.15) is 38.1 Å². The maximum absolute atomic E-state index is 13.7. The van der Waals surface area contributed by atoms with Crippen LogP contribution >= 0.6 is 11.3 Å². The highest BCUT2D eigenvalue weighted by molar-refractivity contribution is 7.85. The second-order valence-corrected chi connectivity index (χ2v) is 8.23. The van der Waals surface area contributed by atoms with Crippen LogP contribution in [0.4, 0.5) is 4.39 Å². The van der Waals surface area contributed by atoms with E-state index < -0.39 is 10.1 Å². The van der Waals surface area contributed by atoms with Crippen LogP contribution in [0.15, 0.2) is 24.0 Å². The highest BCUT2D eigenvalue weighted by Gasteiger charge is 2.20. The van der Waals surface area contributed by atoms with Gasteiger partial charge in [0.2, 0.25) is 5.52 Å². The molecule has 0 aliphatic carbocycles. The molecule has 1 N–H and O–H groups in total. The van der Waals surface area contributed by atoms with Crippen LogP contribution in [0.3, 0.4) is 0 Å². The number of ether oxygens (including phenoxy) is 1. The zero-order chi connectivity index (χ0) is 18.4. The molecule has 0 saturated carbocycles. The summed E-state index contributed by atoms with van der Waals surface area (Å²) in [6, 6.07) is 4.66. The lowest BCUT2D eigenvalue weighted by molar-refractivity contribution is -0.669. The number of rotatable bonds is 9. The smallest absolute Gasteiger partial charge is 0.266 e. The topological polar surface area (TPSA) is 67.5 Å². The monoisotopic (exact) mass is 388 g/mol. The summed E-state index contributed by atoms with van der Waals surface area (Å²) in [5.74, 6) is 0.267. The predicted octanol–water partition coefficient (Wildman–Crippen LogP) is 3.78. The minimum absolute atomic E-state index is 0.270. The minimum Gasteiger partial charge on any atom is -0.498 e. The largest absolute Gasteiger partial charge is 0.498 e. The molecule has 1 aromatic heterocycles. The molecule has 2 rings (SSSR count). The average molecular weight is 389 g/mol. The Morgan fingerprint density at radius 1 is 1.36 bits per heavy atom. The van der Waals surface area contributed by atoms with E-state index in [1.807, 2.05) is 24.5 Å². The van der Waals surface area contributed by atoms with E-state index in [0.717, 1.165) is 27.4 Å². The molecule has 5 nitrogen and oxygen atoms in total. The summed E-state index contributed by atoms with van der Waals surface area (Å²) in [5.41, 5.74) is 0.773. The van der Waals surface area contributed by atoms with Gasteiger partial charge in [0.1, 0.15) is 16.3 Å². The summed E-state index contributed by atoms with van der Waals surface area (Å²) in [7, 11) is -3.95. The van der Waals surface area contributed by atoms with Crippen molar-refractivity contribution in [3.8, 4) is 0 Å². The maximum Gasteiger partial charge on any atom is 0.266 e. The summed E-state index contributed by atoms with van der Waals surface area (Å²) in [5, 5.41) is 0.928. The zero-order valence-electron chi connectivity index (χ0n) is 14.4. The molecule has 0 spiro atoms. The Hall–Kier alpha value is -1.51. The minimum atomic E-state index is -3.95. The number of nitrogens with zero attached hydrogens (tertiary/aromatic N) is 1. The third kappa shape index (κ3) is 5.76. The maximum atomic E-state index is 13.7. The van der Waals surface area contributed by atoms with Crippen molar-refractivity contribution in [2.24, 2.45) is 0 Å². The van der Waals surface area contributed by atoms with E-state index in [1.54, 1.807) is 6.07 Å². The quantitative estimate of drug-likeness (QED) is 0.307. The Bertz CT molecular complexity index is 859. The molecular weight excluding hydrogens is 365 g/mol. The number of halogens is 1. The summed E-state index contributed by atoms with van der Waals surface area (Å²) >= 11 is 1.54. The van der Waals surface area contributed by atoms with Gasteiger partial charge in [-0.25, -0.2) is 4.39 Å². The fourth-order valence-electron chi connectivity index (χ4n) is 2.54. The molecule has 0 aliphatic rings. The molecule has 0 radical (unpaired) electrons. The predicted molar refractivity (Wildman–Crippen MR) is 97.5 cm³/mol. The average Bonchev–Trinajstić information content (AvgIpc) is 2.87. The van der Waals surface area contributed by atoms with Gasteiger partial charge in [-0.2, -0.15) is 13.0 Å². The Kier molecular flexibility index (Phi) is 6.92. The van der Waals surface area contributed by atoms with Crippen molar-refractivity contribution in [3.63, 3.8) is 0 Å². The van der Waals surface area contributed by atoms with Gasteiger partial charge in [-0.1, -0.05) is 18.3 Å². The van der Waals surface area contributed by atoms with Gasteiger partial charge in [0.15, 0.2) is 6.54 Å². The Morgan fingerprint density at radius 3 is 2.76 bits per heavy atom. The Balaban J connectivity index is 2.33. The van der Waals surface area contributed by atoms with Crippen molar-refractivity contribution in [1.82, 2.24) is 0 Å². The SMILES string of the molecule is CCOC(=Cc1sc2ccc(F)cc2[n+]1CCCCS(=O)(=O)O)CC. The van der Waals surface area contributed by atoms with Crippen molar-refractivity contribution < 1.29 is 26.7 Å². The van der Waals surface area contributed by atoms with E-state index in [4.69, 9.17) is 9.29 Å². The molecule has 0 amide bonds. The van der Waals surface area contributed by atoms with Gasteiger partial charge in [0, 0.05) is 18.9 Å². The first-order chi connectivity index (χ1) is 11.8. The van der Waals surface area contributed by atoms with Gasteiger partial charge < -0.3 is 4.74 Å². The van der Waals surface area contributed by atoms with Gasteiger partial charge in [-0.05, 0) is 25.5 Å². The fraction of sp³-hybridized carbons (Fsp3) is 0.471. The molecule has 138 valence electrons. The van der Waals surface area contributed by atoms with Crippen molar-refractivity contribution in [3.05, 3.63) is 34.8 Å². The van der Waals surface area contributed by atoms with E-state index in [0.29, 0.717) is 26.0 Å². The number of benzene rings is 1. The molecule has 2 aromatic rings. The third-order valence-corrected chi connectivity index (χ3v) is 5.61. The first-order valence-corrected chi connectivity index (χ1v) is 10.7. The molecular formula is C17H23FNO4S2+. The number of allylic oxidation sites excluding steroid dienone is 1. The highest BCUT2D eigenvalue weighted by Crippen LogP contribution is 2.24. The van der Waals surface area contributed by atoms with Crippen LogP contribution in [-0.2, 0) is 21.4 Å². The summed E-state index contributed by atoms with van der Waals surface area (Å²) in [6.07, 6.45) is 3.60. The lowest BCUT2D eigenvalue weighted by atomic mass is 10.3. The Labute approximate surface area is 151 Å². The first kappa shape index (κ1) is 19.8. The number of fused-ring (bicyclic) bond motifs is 1. The van der Waals surface area contributed by atoms with E-state index in [2.05, 4.69) is 0 Å². The molecule has 0 bridgehead atoms. The standard InChI is InChI=1S/C17H22FNO4S2/c1-3-14(23-4-2)12-17-19(9-5-6-10-25(20,21)22)15-11-13(18)7-8-16(15)24-17/h7-8,11-12H,3-6,9-10H2,1-2H3/p+1. The van der Waals surface area contributed by atoms with Crippen LogP contribution in [0.2, 0.25) is 0 Å². The molecule has 0 saturated heterocycles. The van der Waals surface area contributed by atoms with Crippen molar-refractivity contribution in [2.45, 2.75) is 39.7 Å². The molecule has 1 heterocycles. The summed E-state index contributed by atoms with van der Waals surface area (Å²) in [4.78, 5) is 0. The van der Waals surface area contributed by atoms with Gasteiger partial charge in [0.05, 0.1) is 18.4 Å². The van der Waals surface area contributed by atoms with E-state index in [-0.39, 0.29) is 11.6 Å². The number of aromatic nitrogens is 1. The van der Waals surface area contributed by atoms with Crippen LogP contribution in [0.25, 0.3) is 16.3 Å². The number of hydrogen-bond acceptors (Lipinski definition) is 4. The van der Waals surface area contributed by atoms with Crippen molar-refractivity contribution in [1.29, 1.82) is 0 Å². The van der Waals surface area contributed by atoms with Crippen LogP contribution < -0.4 is 4.57 Å². The van der Waals surface area contributed by atoms with Gasteiger partial charge in [0.25, 0.3) is 15.1 Å². The van der Waals surface area contributed by atoms with Crippen molar-refractivity contribution in [2.75, 3.05) is 12.4 Å². The first-order valence-electron chi connectivity index (χ1n) is 8.24. The van der Waals surface area contributed by atoms with Gasteiger partial charge in [-0.15, -0.1) is 0 Å².